The van der Waals surface area contributed by atoms with Gasteiger partial charge >= 0.3 is 0 Å². The van der Waals surface area contributed by atoms with E-state index >= 15 is 0 Å². The zero-order valence-electron chi connectivity index (χ0n) is 12.2. The van der Waals surface area contributed by atoms with E-state index in [-0.39, 0.29) is 11.6 Å². The predicted octanol–water partition coefficient (Wildman–Crippen LogP) is 1.64. The van der Waals surface area contributed by atoms with Crippen molar-refractivity contribution < 1.29 is 0 Å². The van der Waals surface area contributed by atoms with Gasteiger partial charge in [-0.15, -0.1) is 11.3 Å². The van der Waals surface area contributed by atoms with Gasteiger partial charge in [0, 0.05) is 35.8 Å². The molecule has 20 heavy (non-hydrogen) atoms. The van der Waals surface area contributed by atoms with Gasteiger partial charge in [0.25, 0.3) is 0 Å². The van der Waals surface area contributed by atoms with E-state index in [2.05, 4.69) is 51.6 Å². The summed E-state index contributed by atoms with van der Waals surface area (Å²) < 4.78 is 2.09. The Morgan fingerprint density at radius 3 is 2.85 bits per heavy atom. The molecule has 1 fully saturated rings. The molecule has 1 aliphatic carbocycles. The molecule has 0 bridgehead atoms. The van der Waals surface area contributed by atoms with Crippen LogP contribution in [0.1, 0.15) is 31.4 Å². The van der Waals surface area contributed by atoms with Crippen LogP contribution in [-0.4, -0.2) is 40.0 Å². The second kappa shape index (κ2) is 5.44. The standard InChI is InChI=1S/C14H23N5S/c1-18(2)14(5-3-4-6-14)12(17-15)9-11-10-19-7-8-20-13(19)16-11/h7-8,10,12,17H,3-6,9,15H2,1-2H3. The number of nitrogens with one attached hydrogen (secondary N) is 1. The van der Waals surface area contributed by atoms with E-state index in [0.29, 0.717) is 0 Å². The third-order valence-corrected chi connectivity index (χ3v) is 5.54. The van der Waals surface area contributed by atoms with Crippen LogP contribution in [0.15, 0.2) is 17.8 Å². The second-order valence-corrected chi connectivity index (χ2v) is 6.83. The van der Waals surface area contributed by atoms with E-state index in [1.54, 1.807) is 11.3 Å². The van der Waals surface area contributed by atoms with Crippen LogP contribution in [0.3, 0.4) is 0 Å². The lowest BCUT2D eigenvalue weighted by Gasteiger charge is -2.42. The van der Waals surface area contributed by atoms with Gasteiger partial charge in [0.1, 0.15) is 0 Å². The Morgan fingerprint density at radius 2 is 2.25 bits per heavy atom. The van der Waals surface area contributed by atoms with Crippen LogP contribution >= 0.6 is 11.3 Å². The summed E-state index contributed by atoms with van der Waals surface area (Å²) in [5, 5.41) is 2.06. The van der Waals surface area contributed by atoms with Gasteiger partial charge in [0.05, 0.1) is 5.69 Å². The number of aromatic nitrogens is 2. The number of nitrogens with zero attached hydrogens (tertiary/aromatic N) is 3. The third-order valence-electron chi connectivity index (χ3n) is 4.77. The summed E-state index contributed by atoms with van der Waals surface area (Å²) in [7, 11) is 4.34. The fraction of sp³-hybridized carbons (Fsp3) is 0.643. The largest absolute Gasteiger partial charge is 0.302 e. The predicted molar refractivity (Wildman–Crippen MR) is 82.8 cm³/mol. The number of fused-ring (bicyclic) bond motifs is 1. The Bertz CT molecular complexity index is 538. The van der Waals surface area contributed by atoms with Crippen LogP contribution < -0.4 is 11.3 Å². The minimum absolute atomic E-state index is 0.159. The van der Waals surface area contributed by atoms with E-state index in [0.717, 1.165) is 17.1 Å². The third kappa shape index (κ3) is 2.26. The number of hydrogen-bond acceptors (Lipinski definition) is 5. The molecule has 0 spiro atoms. The summed E-state index contributed by atoms with van der Waals surface area (Å²) in [5.41, 5.74) is 4.34. The summed E-state index contributed by atoms with van der Waals surface area (Å²) in [6.45, 7) is 0. The van der Waals surface area contributed by atoms with Crippen LogP contribution in [-0.2, 0) is 6.42 Å². The van der Waals surface area contributed by atoms with Crippen molar-refractivity contribution in [1.82, 2.24) is 19.7 Å². The monoisotopic (exact) mass is 293 g/mol. The molecule has 1 atom stereocenters. The van der Waals surface area contributed by atoms with E-state index < -0.39 is 0 Å². The molecule has 1 saturated carbocycles. The van der Waals surface area contributed by atoms with Crippen LogP contribution in [0, 0.1) is 0 Å². The van der Waals surface area contributed by atoms with E-state index in [9.17, 15) is 0 Å². The lowest BCUT2D eigenvalue weighted by molar-refractivity contribution is 0.104. The molecule has 0 saturated heterocycles. The minimum atomic E-state index is 0.159. The Balaban J connectivity index is 1.83. The SMILES string of the molecule is CN(C)C1(C(Cc2cn3ccsc3n2)NN)CCCC1. The molecule has 0 aliphatic heterocycles. The molecule has 0 aromatic carbocycles. The molecule has 2 aromatic heterocycles. The smallest absolute Gasteiger partial charge is 0.193 e. The molecule has 2 heterocycles. The highest BCUT2D eigenvalue weighted by molar-refractivity contribution is 7.15. The van der Waals surface area contributed by atoms with Crippen LogP contribution in [0.4, 0.5) is 0 Å². The molecule has 110 valence electrons. The van der Waals surface area contributed by atoms with Gasteiger partial charge in [-0.2, -0.15) is 0 Å². The highest BCUT2D eigenvalue weighted by atomic mass is 32.1. The zero-order chi connectivity index (χ0) is 14.2. The van der Waals surface area contributed by atoms with Crippen molar-refractivity contribution in [1.29, 1.82) is 0 Å². The van der Waals surface area contributed by atoms with Gasteiger partial charge in [-0.3, -0.25) is 15.7 Å². The summed E-state index contributed by atoms with van der Waals surface area (Å²) in [5.74, 6) is 5.88. The molecule has 0 amide bonds. The number of rotatable bonds is 5. The summed E-state index contributed by atoms with van der Waals surface area (Å²) in [6, 6.07) is 0.240. The maximum absolute atomic E-state index is 5.88. The van der Waals surface area contributed by atoms with Crippen molar-refractivity contribution in [3.63, 3.8) is 0 Å². The van der Waals surface area contributed by atoms with Crippen molar-refractivity contribution in [3.8, 4) is 0 Å². The first-order valence-corrected chi connectivity index (χ1v) is 8.08. The Morgan fingerprint density at radius 1 is 1.50 bits per heavy atom. The lowest BCUT2D eigenvalue weighted by Crippen LogP contribution is -2.60. The molecule has 1 aliphatic rings. The fourth-order valence-corrected chi connectivity index (χ4v) is 4.30. The first kappa shape index (κ1) is 14.0. The number of hydrazine groups is 1. The van der Waals surface area contributed by atoms with Crippen molar-refractivity contribution in [2.45, 2.75) is 43.7 Å². The summed E-state index contributed by atoms with van der Waals surface area (Å²) >= 11 is 1.67. The van der Waals surface area contributed by atoms with Crippen LogP contribution in [0.5, 0.6) is 0 Å². The van der Waals surface area contributed by atoms with E-state index in [1.165, 1.54) is 25.7 Å². The molecule has 6 heteroatoms. The molecule has 1 unspecified atom stereocenters. The lowest BCUT2D eigenvalue weighted by atomic mass is 9.84. The Hall–Kier alpha value is -0.950. The summed E-state index contributed by atoms with van der Waals surface area (Å²) in [6.07, 6.45) is 10.0. The molecular formula is C14H23N5S. The van der Waals surface area contributed by atoms with Gasteiger partial charge in [-0.25, -0.2) is 4.98 Å². The quantitative estimate of drug-likeness (QED) is 0.650. The van der Waals surface area contributed by atoms with Gasteiger partial charge in [0.15, 0.2) is 4.96 Å². The van der Waals surface area contributed by atoms with Crippen LogP contribution in [0.2, 0.25) is 0 Å². The molecule has 5 nitrogen and oxygen atoms in total. The van der Waals surface area contributed by atoms with Gasteiger partial charge in [0.2, 0.25) is 0 Å². The van der Waals surface area contributed by atoms with Crippen molar-refractivity contribution in [3.05, 3.63) is 23.5 Å². The van der Waals surface area contributed by atoms with Crippen molar-refractivity contribution in [2.75, 3.05) is 14.1 Å². The maximum Gasteiger partial charge on any atom is 0.193 e. The minimum Gasteiger partial charge on any atom is -0.302 e. The fourth-order valence-electron chi connectivity index (χ4n) is 3.58. The second-order valence-electron chi connectivity index (χ2n) is 5.95. The maximum atomic E-state index is 5.88. The zero-order valence-corrected chi connectivity index (χ0v) is 13.0. The average Bonchev–Trinajstić information content (AvgIpc) is 3.11. The molecular weight excluding hydrogens is 270 g/mol. The number of thiazole rings is 1. The highest BCUT2D eigenvalue weighted by Crippen LogP contribution is 2.37. The van der Waals surface area contributed by atoms with Crippen LogP contribution in [0.25, 0.3) is 4.96 Å². The number of likely N-dealkylation sites (N-methyl/N-ethyl adjacent to an activating group) is 1. The van der Waals surface area contributed by atoms with E-state index in [1.807, 2.05) is 0 Å². The topological polar surface area (TPSA) is 58.6 Å². The number of nitrogens with two attached hydrogens (primary N) is 1. The Labute approximate surface area is 123 Å². The Kier molecular flexibility index (Phi) is 3.81. The van der Waals surface area contributed by atoms with Gasteiger partial charge in [-0.1, -0.05) is 12.8 Å². The van der Waals surface area contributed by atoms with Gasteiger partial charge < -0.3 is 4.90 Å². The average molecular weight is 293 g/mol. The first-order chi connectivity index (χ1) is 9.65. The highest BCUT2D eigenvalue weighted by Gasteiger charge is 2.43. The van der Waals surface area contributed by atoms with Gasteiger partial charge in [-0.05, 0) is 26.9 Å². The van der Waals surface area contributed by atoms with Crippen molar-refractivity contribution >= 4 is 16.3 Å². The normalized spacial score (nSPS) is 20.0. The molecule has 0 radical (unpaired) electrons. The summed E-state index contributed by atoms with van der Waals surface area (Å²) in [4.78, 5) is 8.10. The van der Waals surface area contributed by atoms with E-state index in [4.69, 9.17) is 5.84 Å². The number of imidazole rings is 1. The first-order valence-electron chi connectivity index (χ1n) is 7.20. The molecule has 2 aromatic rings. The number of hydrogen-bond donors (Lipinski definition) is 2. The molecule has 3 rings (SSSR count). The molecule has 3 N–H and O–H groups in total. The van der Waals surface area contributed by atoms with Crippen molar-refractivity contribution in [2.24, 2.45) is 5.84 Å².